The zero-order valence-corrected chi connectivity index (χ0v) is 18.4. The van der Waals surface area contributed by atoms with E-state index in [1.807, 2.05) is 9.80 Å². The van der Waals surface area contributed by atoms with Crippen LogP contribution in [0.1, 0.15) is 93.8 Å². The van der Waals surface area contributed by atoms with E-state index in [1.54, 1.807) is 0 Å². The van der Waals surface area contributed by atoms with Gasteiger partial charge in [-0.3, -0.25) is 14.4 Å². The molecule has 1 atom stereocenters. The number of fused-ring (bicyclic) bond motifs is 1. The summed E-state index contributed by atoms with van der Waals surface area (Å²) in [6, 6.07) is -0.114. The number of likely N-dealkylation sites (tertiary alicyclic amines) is 1. The van der Waals surface area contributed by atoms with Gasteiger partial charge in [0.2, 0.25) is 11.8 Å². The van der Waals surface area contributed by atoms with Crippen LogP contribution in [0.4, 0.5) is 0 Å². The summed E-state index contributed by atoms with van der Waals surface area (Å²) in [6.07, 6.45) is 12.2. The molecule has 3 fully saturated rings. The van der Waals surface area contributed by atoms with Crippen molar-refractivity contribution in [1.29, 1.82) is 0 Å². The monoisotopic (exact) mass is 426 g/mol. The number of nitrogens with zero attached hydrogens (tertiary/aromatic N) is 3. The third-order valence-electron chi connectivity index (χ3n) is 7.93. The van der Waals surface area contributed by atoms with Gasteiger partial charge in [0.1, 0.15) is 5.82 Å². The summed E-state index contributed by atoms with van der Waals surface area (Å²) >= 11 is 0. The number of carbonyl (C=O) groups excluding carboxylic acids is 2. The Morgan fingerprint density at radius 1 is 0.968 bits per heavy atom. The maximum atomic E-state index is 12.9. The van der Waals surface area contributed by atoms with Crippen LogP contribution in [-0.2, 0) is 22.6 Å². The van der Waals surface area contributed by atoms with Crippen molar-refractivity contribution in [3.8, 4) is 0 Å². The SMILES string of the molecule is O=C(CC1CCCCC1)N1CCc2nc([C@@H]3CCCN3C(=O)C3CCC3)[nH]c(=O)c2C1. The molecular weight excluding hydrogens is 392 g/mol. The van der Waals surface area contributed by atoms with Crippen LogP contribution in [0.2, 0.25) is 0 Å². The van der Waals surface area contributed by atoms with Crippen molar-refractivity contribution >= 4 is 11.8 Å². The highest BCUT2D eigenvalue weighted by Crippen LogP contribution is 2.36. The highest BCUT2D eigenvalue weighted by atomic mass is 16.2. The van der Waals surface area contributed by atoms with Crippen molar-refractivity contribution in [3.05, 3.63) is 27.4 Å². The Bertz CT molecular complexity index is 901. The molecule has 2 aliphatic carbocycles. The number of rotatable bonds is 4. The van der Waals surface area contributed by atoms with E-state index in [2.05, 4.69) is 4.98 Å². The van der Waals surface area contributed by atoms with E-state index in [0.717, 1.165) is 57.2 Å². The molecule has 0 radical (unpaired) electrons. The Hall–Kier alpha value is -2.18. The second kappa shape index (κ2) is 8.75. The van der Waals surface area contributed by atoms with Crippen molar-refractivity contribution in [3.63, 3.8) is 0 Å². The maximum Gasteiger partial charge on any atom is 0.256 e. The molecule has 7 heteroatoms. The molecule has 1 aromatic heterocycles. The predicted octanol–water partition coefficient (Wildman–Crippen LogP) is 3.09. The van der Waals surface area contributed by atoms with Crippen LogP contribution in [0.15, 0.2) is 4.79 Å². The average Bonchev–Trinajstić information content (AvgIpc) is 3.23. The quantitative estimate of drug-likeness (QED) is 0.802. The fraction of sp³-hybridized carbons (Fsp3) is 0.750. The number of amides is 2. The largest absolute Gasteiger partial charge is 0.338 e. The first-order valence-corrected chi connectivity index (χ1v) is 12.3. The predicted molar refractivity (Wildman–Crippen MR) is 116 cm³/mol. The van der Waals surface area contributed by atoms with Crippen molar-refractivity contribution < 1.29 is 9.59 Å². The van der Waals surface area contributed by atoms with E-state index in [0.29, 0.717) is 43.2 Å². The van der Waals surface area contributed by atoms with Gasteiger partial charge in [-0.2, -0.15) is 0 Å². The third-order valence-corrected chi connectivity index (χ3v) is 7.93. The van der Waals surface area contributed by atoms with Crippen LogP contribution >= 0.6 is 0 Å². The van der Waals surface area contributed by atoms with E-state index < -0.39 is 0 Å². The second-order valence-corrected chi connectivity index (χ2v) is 9.97. The summed E-state index contributed by atoms with van der Waals surface area (Å²) in [4.78, 5) is 50.2. The second-order valence-electron chi connectivity index (χ2n) is 9.97. The topological polar surface area (TPSA) is 86.4 Å². The fourth-order valence-corrected chi connectivity index (χ4v) is 5.79. The van der Waals surface area contributed by atoms with Crippen LogP contribution in [0.25, 0.3) is 0 Å². The van der Waals surface area contributed by atoms with E-state index >= 15 is 0 Å². The molecule has 1 N–H and O–H groups in total. The summed E-state index contributed by atoms with van der Waals surface area (Å²) in [5.41, 5.74) is 1.29. The number of aromatic amines is 1. The first-order valence-electron chi connectivity index (χ1n) is 12.3. The number of carbonyl (C=O) groups is 2. The Kier molecular flexibility index (Phi) is 5.85. The molecule has 1 saturated heterocycles. The molecule has 2 saturated carbocycles. The highest BCUT2D eigenvalue weighted by Gasteiger charge is 2.38. The number of H-pyrrole nitrogens is 1. The van der Waals surface area contributed by atoms with Crippen LogP contribution < -0.4 is 5.56 Å². The lowest BCUT2D eigenvalue weighted by atomic mass is 9.84. The number of nitrogens with one attached hydrogen (secondary N) is 1. The van der Waals surface area contributed by atoms with Gasteiger partial charge in [-0.25, -0.2) is 4.98 Å². The minimum Gasteiger partial charge on any atom is -0.338 e. The Balaban J connectivity index is 1.29. The van der Waals surface area contributed by atoms with Gasteiger partial charge in [-0.05, 0) is 44.4 Å². The van der Waals surface area contributed by atoms with Crippen molar-refractivity contribution in [2.24, 2.45) is 11.8 Å². The van der Waals surface area contributed by atoms with Gasteiger partial charge in [0.15, 0.2) is 0 Å². The molecular formula is C24H34N4O3. The van der Waals surface area contributed by atoms with Crippen molar-refractivity contribution in [2.75, 3.05) is 13.1 Å². The van der Waals surface area contributed by atoms with E-state index in [1.165, 1.54) is 19.3 Å². The minimum atomic E-state index is -0.141. The molecule has 0 aromatic carbocycles. The zero-order valence-electron chi connectivity index (χ0n) is 18.4. The summed E-state index contributed by atoms with van der Waals surface area (Å²) in [5.74, 6) is 1.70. The summed E-state index contributed by atoms with van der Waals surface area (Å²) < 4.78 is 0. The first-order chi connectivity index (χ1) is 15.1. The fourth-order valence-electron chi connectivity index (χ4n) is 5.79. The molecule has 2 aliphatic heterocycles. The lowest BCUT2D eigenvalue weighted by Crippen LogP contribution is -2.42. The molecule has 4 aliphatic rings. The molecule has 168 valence electrons. The van der Waals surface area contributed by atoms with Gasteiger partial charge in [-0.15, -0.1) is 0 Å². The normalized spacial score (nSPS) is 24.7. The summed E-state index contributed by atoms with van der Waals surface area (Å²) in [6.45, 7) is 1.74. The molecule has 31 heavy (non-hydrogen) atoms. The molecule has 0 spiro atoms. The van der Waals surface area contributed by atoms with Crippen molar-refractivity contribution in [2.45, 2.75) is 89.6 Å². The molecule has 3 heterocycles. The molecule has 1 aromatic rings. The number of aromatic nitrogens is 2. The summed E-state index contributed by atoms with van der Waals surface area (Å²) in [7, 11) is 0. The standard InChI is InChI=1S/C24H34N4O3/c29-21(14-16-6-2-1-3-7-16)27-13-11-19-18(15-27)23(30)26-22(25-19)20-10-5-12-28(20)24(31)17-8-4-9-17/h16-17,20H,1-15H2,(H,25,26,30)/t20-/m0/s1. The van der Waals surface area contributed by atoms with Crippen LogP contribution in [0.3, 0.4) is 0 Å². The first kappa shape index (κ1) is 20.7. The average molecular weight is 427 g/mol. The van der Waals surface area contributed by atoms with Gasteiger partial charge in [0, 0.05) is 31.8 Å². The number of hydrogen-bond acceptors (Lipinski definition) is 4. The van der Waals surface area contributed by atoms with Gasteiger partial charge >= 0.3 is 0 Å². The van der Waals surface area contributed by atoms with E-state index in [9.17, 15) is 14.4 Å². The number of hydrogen-bond donors (Lipinski definition) is 1. The van der Waals surface area contributed by atoms with Crippen LogP contribution in [-0.4, -0.2) is 44.7 Å². The molecule has 5 rings (SSSR count). The minimum absolute atomic E-state index is 0.114. The lowest BCUT2D eigenvalue weighted by molar-refractivity contribution is -0.139. The summed E-state index contributed by atoms with van der Waals surface area (Å²) in [5, 5.41) is 0. The smallest absolute Gasteiger partial charge is 0.256 e. The van der Waals surface area contributed by atoms with Gasteiger partial charge in [0.25, 0.3) is 5.56 Å². The van der Waals surface area contributed by atoms with Crippen LogP contribution in [0, 0.1) is 11.8 Å². The van der Waals surface area contributed by atoms with Gasteiger partial charge in [-0.1, -0.05) is 25.7 Å². The van der Waals surface area contributed by atoms with Gasteiger partial charge < -0.3 is 14.8 Å². The van der Waals surface area contributed by atoms with Gasteiger partial charge in [0.05, 0.1) is 23.8 Å². The third kappa shape index (κ3) is 4.15. The molecule has 0 unspecified atom stereocenters. The van der Waals surface area contributed by atoms with Crippen LogP contribution in [0.5, 0.6) is 0 Å². The highest BCUT2D eigenvalue weighted by molar-refractivity contribution is 5.80. The lowest BCUT2D eigenvalue weighted by Gasteiger charge is -2.33. The van der Waals surface area contributed by atoms with E-state index in [4.69, 9.17) is 4.98 Å². The maximum absolute atomic E-state index is 12.9. The van der Waals surface area contributed by atoms with Crippen molar-refractivity contribution in [1.82, 2.24) is 19.8 Å². The zero-order chi connectivity index (χ0) is 21.4. The Labute approximate surface area is 183 Å². The Morgan fingerprint density at radius 3 is 2.52 bits per heavy atom. The molecule has 0 bridgehead atoms. The Morgan fingerprint density at radius 2 is 1.77 bits per heavy atom. The molecule has 2 amide bonds. The molecule has 7 nitrogen and oxygen atoms in total. The van der Waals surface area contributed by atoms with E-state index in [-0.39, 0.29) is 29.3 Å².